The van der Waals surface area contributed by atoms with Crippen LogP contribution in [0.1, 0.15) is 30.4 Å². The molecule has 0 aliphatic heterocycles. The fourth-order valence-corrected chi connectivity index (χ4v) is 3.32. The van der Waals surface area contributed by atoms with Crippen LogP contribution in [0.4, 0.5) is 4.79 Å². The molecule has 0 aromatic heterocycles. The van der Waals surface area contributed by atoms with Gasteiger partial charge in [0.25, 0.3) is 0 Å². The lowest BCUT2D eigenvalue weighted by Gasteiger charge is -2.20. The number of carboxylic acids is 1. The number of ether oxygens (including phenoxy) is 1. The molecule has 0 spiro atoms. The summed E-state index contributed by atoms with van der Waals surface area (Å²) in [4.78, 5) is 22.9. The first-order valence-corrected chi connectivity index (χ1v) is 8.48. The van der Waals surface area contributed by atoms with Gasteiger partial charge >= 0.3 is 12.1 Å². The van der Waals surface area contributed by atoms with E-state index in [1.54, 1.807) is 0 Å². The quantitative estimate of drug-likeness (QED) is 0.740. The molecule has 3 N–H and O–H groups in total. The summed E-state index contributed by atoms with van der Waals surface area (Å²) in [6, 6.07) is 15.1. The average molecular weight is 355 g/mol. The largest absolute Gasteiger partial charge is 0.481 e. The Morgan fingerprint density at radius 2 is 1.62 bits per heavy atom. The molecule has 6 heteroatoms. The lowest BCUT2D eigenvalue weighted by Crippen LogP contribution is -2.44. The van der Waals surface area contributed by atoms with E-state index in [2.05, 4.69) is 5.32 Å². The number of alkyl carbamates (subject to hydrolysis) is 1. The van der Waals surface area contributed by atoms with Crippen LogP contribution in [-0.2, 0) is 9.53 Å². The van der Waals surface area contributed by atoms with E-state index in [0.717, 1.165) is 22.3 Å². The smallest absolute Gasteiger partial charge is 0.407 e. The second-order valence-electron chi connectivity index (χ2n) is 6.41. The minimum Gasteiger partial charge on any atom is -0.481 e. The Morgan fingerprint density at radius 3 is 2.12 bits per heavy atom. The number of aliphatic carboxylic acids is 1. The molecule has 1 aliphatic carbocycles. The van der Waals surface area contributed by atoms with Crippen molar-refractivity contribution in [3.05, 3.63) is 59.7 Å². The minimum atomic E-state index is -1.10. The minimum absolute atomic E-state index is 0.0716. The molecule has 26 heavy (non-hydrogen) atoms. The van der Waals surface area contributed by atoms with Crippen LogP contribution in [0.5, 0.6) is 0 Å². The highest BCUT2D eigenvalue weighted by atomic mass is 16.5. The molecule has 0 heterocycles. The molecule has 1 aliphatic rings. The van der Waals surface area contributed by atoms with E-state index in [4.69, 9.17) is 9.84 Å². The van der Waals surface area contributed by atoms with Crippen LogP contribution in [0.25, 0.3) is 11.1 Å². The van der Waals surface area contributed by atoms with E-state index in [1.807, 2.05) is 48.5 Å². The summed E-state index contributed by atoms with van der Waals surface area (Å²) in [5.41, 5.74) is 4.45. The van der Waals surface area contributed by atoms with Gasteiger partial charge in [0.2, 0.25) is 0 Å². The topological polar surface area (TPSA) is 95.9 Å². The maximum atomic E-state index is 12.1. The molecule has 2 atom stereocenters. The van der Waals surface area contributed by atoms with Gasteiger partial charge in [0.1, 0.15) is 6.61 Å². The van der Waals surface area contributed by atoms with E-state index < -0.39 is 24.2 Å². The summed E-state index contributed by atoms with van der Waals surface area (Å²) in [5, 5.41) is 20.9. The summed E-state index contributed by atoms with van der Waals surface area (Å²) in [6.45, 7) is 1.57. The van der Waals surface area contributed by atoms with Crippen LogP contribution >= 0.6 is 0 Å². The molecule has 1 amide bonds. The van der Waals surface area contributed by atoms with E-state index in [0.29, 0.717) is 0 Å². The van der Waals surface area contributed by atoms with Crippen LogP contribution < -0.4 is 5.32 Å². The summed E-state index contributed by atoms with van der Waals surface area (Å²) >= 11 is 0. The fourth-order valence-electron chi connectivity index (χ4n) is 3.32. The molecule has 0 fully saturated rings. The third kappa shape index (κ3) is 3.70. The maximum absolute atomic E-state index is 12.1. The molecular formula is C20H21NO5. The average Bonchev–Trinajstić information content (AvgIpc) is 2.93. The van der Waals surface area contributed by atoms with Gasteiger partial charge in [-0.15, -0.1) is 0 Å². The predicted octanol–water partition coefficient (Wildman–Crippen LogP) is 2.75. The van der Waals surface area contributed by atoms with Gasteiger partial charge in [-0.05, 0) is 29.2 Å². The third-order valence-electron chi connectivity index (χ3n) is 4.62. The van der Waals surface area contributed by atoms with Crippen molar-refractivity contribution in [2.24, 2.45) is 0 Å². The van der Waals surface area contributed by atoms with Crippen molar-refractivity contribution >= 4 is 12.1 Å². The normalized spacial score (nSPS) is 14.8. The van der Waals surface area contributed by atoms with E-state index in [-0.39, 0.29) is 18.9 Å². The Hall–Kier alpha value is -2.86. The van der Waals surface area contributed by atoms with E-state index in [1.165, 1.54) is 6.92 Å². The standard InChI is InChI=1S/C20H21NO5/c1-12(22)18(10-19(23)24)21-20(25)26-11-17-15-8-4-2-6-13(15)14-7-3-5-9-16(14)17/h2-9,12,17-18,22H,10-11H2,1H3,(H,21,25)(H,23,24)/t12-,18-/m0/s1. The lowest BCUT2D eigenvalue weighted by atomic mass is 9.98. The number of nitrogens with one attached hydrogen (secondary N) is 1. The Labute approximate surface area is 151 Å². The lowest BCUT2D eigenvalue weighted by molar-refractivity contribution is -0.138. The third-order valence-corrected chi connectivity index (χ3v) is 4.62. The molecule has 2 aromatic carbocycles. The molecule has 3 rings (SSSR count). The monoisotopic (exact) mass is 355 g/mol. The number of rotatable bonds is 6. The Kier molecular flexibility index (Phi) is 5.23. The van der Waals surface area contributed by atoms with Gasteiger partial charge in [-0.25, -0.2) is 4.79 Å². The van der Waals surface area contributed by atoms with Crippen LogP contribution in [0.3, 0.4) is 0 Å². The van der Waals surface area contributed by atoms with E-state index >= 15 is 0 Å². The second kappa shape index (κ2) is 7.58. The second-order valence-corrected chi connectivity index (χ2v) is 6.41. The molecule has 0 saturated carbocycles. The predicted molar refractivity (Wildman–Crippen MR) is 95.9 cm³/mol. The van der Waals surface area contributed by atoms with Crippen molar-refractivity contribution in [2.75, 3.05) is 6.61 Å². The number of fused-ring (bicyclic) bond motifs is 3. The van der Waals surface area contributed by atoms with Crippen molar-refractivity contribution in [1.82, 2.24) is 5.32 Å². The van der Waals surface area contributed by atoms with Gasteiger partial charge in [-0.2, -0.15) is 0 Å². The molecule has 0 saturated heterocycles. The summed E-state index contributed by atoms with van der Waals surface area (Å²) in [6.07, 6.45) is -2.10. The summed E-state index contributed by atoms with van der Waals surface area (Å²) in [7, 11) is 0. The van der Waals surface area contributed by atoms with Gasteiger partial charge in [-0.3, -0.25) is 4.79 Å². The van der Waals surface area contributed by atoms with Crippen molar-refractivity contribution in [1.29, 1.82) is 0 Å². The first-order chi connectivity index (χ1) is 12.5. The van der Waals surface area contributed by atoms with E-state index in [9.17, 15) is 14.7 Å². The fraction of sp³-hybridized carbons (Fsp3) is 0.300. The Bertz CT molecular complexity index is 772. The SMILES string of the molecule is C[C@H](O)[C@H](CC(=O)O)NC(=O)OCC1c2ccccc2-c2ccccc21. The highest BCUT2D eigenvalue weighted by Gasteiger charge is 2.29. The van der Waals surface area contributed by atoms with Crippen molar-refractivity contribution in [3.63, 3.8) is 0 Å². The summed E-state index contributed by atoms with van der Waals surface area (Å²) < 4.78 is 5.35. The number of carbonyl (C=O) groups excluding carboxylic acids is 1. The highest BCUT2D eigenvalue weighted by Crippen LogP contribution is 2.44. The zero-order valence-electron chi connectivity index (χ0n) is 14.4. The molecule has 0 bridgehead atoms. The number of carboxylic acid groups (broad SMARTS) is 1. The zero-order valence-corrected chi connectivity index (χ0v) is 14.4. The zero-order chi connectivity index (χ0) is 18.7. The number of aliphatic hydroxyl groups excluding tert-OH is 1. The Morgan fingerprint density at radius 1 is 1.08 bits per heavy atom. The van der Waals surface area contributed by atoms with Crippen LogP contribution in [0.15, 0.2) is 48.5 Å². The molecule has 6 nitrogen and oxygen atoms in total. The number of benzene rings is 2. The molecule has 2 aromatic rings. The van der Waals surface area contributed by atoms with Crippen molar-refractivity contribution in [2.45, 2.75) is 31.4 Å². The van der Waals surface area contributed by atoms with Crippen LogP contribution in [0.2, 0.25) is 0 Å². The number of carbonyl (C=O) groups is 2. The number of amides is 1. The molecule has 136 valence electrons. The first-order valence-electron chi connectivity index (χ1n) is 8.48. The van der Waals surface area contributed by atoms with Gasteiger partial charge in [0.15, 0.2) is 0 Å². The van der Waals surface area contributed by atoms with Gasteiger partial charge in [0.05, 0.1) is 18.6 Å². The summed E-state index contributed by atoms with van der Waals surface area (Å²) in [5.74, 6) is -1.17. The van der Waals surface area contributed by atoms with Gasteiger partial charge in [0, 0.05) is 5.92 Å². The number of hydrogen-bond donors (Lipinski definition) is 3. The Balaban J connectivity index is 1.70. The van der Waals surface area contributed by atoms with Gasteiger partial charge < -0.3 is 20.3 Å². The molecular weight excluding hydrogens is 334 g/mol. The highest BCUT2D eigenvalue weighted by molar-refractivity contribution is 5.79. The molecule has 0 radical (unpaired) electrons. The van der Waals surface area contributed by atoms with Gasteiger partial charge in [-0.1, -0.05) is 48.5 Å². The van der Waals surface area contributed by atoms with Crippen molar-refractivity contribution in [3.8, 4) is 11.1 Å². The van der Waals surface area contributed by atoms with Crippen LogP contribution in [0, 0.1) is 0 Å². The van der Waals surface area contributed by atoms with Crippen molar-refractivity contribution < 1.29 is 24.5 Å². The first kappa shape index (κ1) is 17.9. The molecule has 0 unspecified atom stereocenters. The number of hydrogen-bond acceptors (Lipinski definition) is 4. The number of aliphatic hydroxyl groups is 1. The maximum Gasteiger partial charge on any atom is 0.407 e. The van der Waals surface area contributed by atoms with Crippen LogP contribution in [-0.4, -0.2) is 41.0 Å².